The standard InChI is InChI=1S/C19H25F3N6S/c1-23-18(27-14-6-11-28(12-7-14)16-5-3-13-29-16)26-10-9-25-17-15(19(20,21)22)4-2-8-24-17/h2-5,8,13-14H,6-7,9-12H2,1H3,(H,24,25)(H2,23,26,27). The van der Waals surface area contributed by atoms with Gasteiger partial charge in [-0.3, -0.25) is 4.99 Å². The molecule has 0 radical (unpaired) electrons. The van der Waals surface area contributed by atoms with E-state index in [1.54, 1.807) is 18.4 Å². The van der Waals surface area contributed by atoms with Crippen LogP contribution in [0, 0.1) is 0 Å². The molecule has 29 heavy (non-hydrogen) atoms. The Morgan fingerprint density at radius 3 is 2.69 bits per heavy atom. The number of aliphatic imine (C=N–C) groups is 1. The summed E-state index contributed by atoms with van der Waals surface area (Å²) in [7, 11) is 1.68. The fourth-order valence-electron chi connectivity index (χ4n) is 3.22. The molecule has 3 N–H and O–H groups in total. The van der Waals surface area contributed by atoms with E-state index >= 15 is 0 Å². The molecule has 1 aliphatic rings. The molecule has 0 amide bonds. The van der Waals surface area contributed by atoms with Gasteiger partial charge in [-0.15, -0.1) is 11.3 Å². The fourth-order valence-corrected chi connectivity index (χ4v) is 4.00. The predicted molar refractivity (Wildman–Crippen MR) is 112 cm³/mol. The van der Waals surface area contributed by atoms with Gasteiger partial charge in [-0.25, -0.2) is 4.98 Å². The van der Waals surface area contributed by atoms with E-state index in [2.05, 4.69) is 48.3 Å². The zero-order valence-electron chi connectivity index (χ0n) is 16.2. The number of anilines is 2. The number of piperidine rings is 1. The Bertz CT molecular complexity index is 785. The van der Waals surface area contributed by atoms with Crippen LogP contribution in [0.2, 0.25) is 0 Å². The molecule has 0 saturated carbocycles. The molecule has 6 nitrogen and oxygen atoms in total. The van der Waals surface area contributed by atoms with E-state index in [0.29, 0.717) is 18.5 Å². The van der Waals surface area contributed by atoms with E-state index < -0.39 is 11.7 Å². The van der Waals surface area contributed by atoms with Gasteiger partial charge in [0.1, 0.15) is 5.82 Å². The molecule has 3 heterocycles. The first-order valence-corrected chi connectivity index (χ1v) is 10.4. The van der Waals surface area contributed by atoms with Crippen molar-refractivity contribution in [2.75, 3.05) is 43.4 Å². The Morgan fingerprint density at radius 1 is 1.24 bits per heavy atom. The van der Waals surface area contributed by atoms with Crippen molar-refractivity contribution in [1.29, 1.82) is 0 Å². The van der Waals surface area contributed by atoms with Gasteiger partial charge in [0, 0.05) is 45.5 Å². The molecule has 158 valence electrons. The summed E-state index contributed by atoms with van der Waals surface area (Å²) in [5, 5.41) is 12.7. The molecule has 2 aromatic rings. The molecule has 1 saturated heterocycles. The lowest BCUT2D eigenvalue weighted by Crippen LogP contribution is -2.49. The summed E-state index contributed by atoms with van der Waals surface area (Å²) >= 11 is 1.75. The molecule has 2 aromatic heterocycles. The van der Waals surface area contributed by atoms with E-state index in [-0.39, 0.29) is 12.4 Å². The quantitative estimate of drug-likeness (QED) is 0.375. The van der Waals surface area contributed by atoms with Gasteiger partial charge in [0.2, 0.25) is 0 Å². The Hall–Kier alpha value is -2.49. The number of hydrogen-bond acceptors (Lipinski definition) is 5. The van der Waals surface area contributed by atoms with Gasteiger partial charge in [-0.1, -0.05) is 0 Å². The number of alkyl halides is 3. The van der Waals surface area contributed by atoms with Gasteiger partial charge >= 0.3 is 6.18 Å². The van der Waals surface area contributed by atoms with E-state index in [1.165, 1.54) is 17.3 Å². The smallest absolute Gasteiger partial charge is 0.368 e. The predicted octanol–water partition coefficient (Wildman–Crippen LogP) is 3.41. The summed E-state index contributed by atoms with van der Waals surface area (Å²) in [6.45, 7) is 2.67. The van der Waals surface area contributed by atoms with Crippen molar-refractivity contribution in [1.82, 2.24) is 15.6 Å². The molecular formula is C19H25F3N6S. The lowest BCUT2D eigenvalue weighted by Gasteiger charge is -2.33. The second kappa shape index (κ2) is 9.82. The van der Waals surface area contributed by atoms with Gasteiger partial charge in [0.15, 0.2) is 5.96 Å². The average Bonchev–Trinajstić information content (AvgIpc) is 3.25. The highest BCUT2D eigenvalue weighted by molar-refractivity contribution is 7.14. The highest BCUT2D eigenvalue weighted by Crippen LogP contribution is 2.33. The molecule has 10 heteroatoms. The number of aromatic nitrogens is 1. The molecule has 0 unspecified atom stereocenters. The summed E-state index contributed by atoms with van der Waals surface area (Å²) in [6, 6.07) is 6.82. The second-order valence-corrected chi connectivity index (χ2v) is 7.61. The molecule has 0 aliphatic carbocycles. The summed E-state index contributed by atoms with van der Waals surface area (Å²) in [6.07, 6.45) is -1.09. The lowest BCUT2D eigenvalue weighted by molar-refractivity contribution is -0.137. The van der Waals surface area contributed by atoms with Crippen molar-refractivity contribution in [3.63, 3.8) is 0 Å². The number of thiophene rings is 1. The Balaban J connectivity index is 1.41. The SMILES string of the molecule is CN=C(NCCNc1ncccc1C(F)(F)F)NC1CCN(c2cccs2)CC1. The van der Waals surface area contributed by atoms with Crippen molar-refractivity contribution in [2.24, 2.45) is 4.99 Å². The number of nitrogens with zero attached hydrogens (tertiary/aromatic N) is 3. The molecule has 0 spiro atoms. The van der Waals surface area contributed by atoms with E-state index in [4.69, 9.17) is 0 Å². The van der Waals surface area contributed by atoms with Gasteiger partial charge < -0.3 is 20.9 Å². The topological polar surface area (TPSA) is 64.6 Å². The van der Waals surface area contributed by atoms with Crippen LogP contribution >= 0.6 is 11.3 Å². The molecule has 0 atom stereocenters. The minimum absolute atomic E-state index is 0.161. The lowest BCUT2D eigenvalue weighted by atomic mass is 10.1. The van der Waals surface area contributed by atoms with Crippen molar-refractivity contribution in [3.05, 3.63) is 41.4 Å². The summed E-state index contributed by atoms with van der Waals surface area (Å²) in [5.41, 5.74) is -0.764. The van der Waals surface area contributed by atoms with Crippen molar-refractivity contribution >= 4 is 28.1 Å². The number of guanidine groups is 1. The first kappa shape index (κ1) is 21.2. The Kier molecular flexibility index (Phi) is 7.18. The van der Waals surface area contributed by atoms with Crippen LogP contribution in [0.5, 0.6) is 0 Å². The van der Waals surface area contributed by atoms with E-state index in [0.717, 1.165) is 32.0 Å². The van der Waals surface area contributed by atoms with Crippen LogP contribution in [0.25, 0.3) is 0 Å². The van der Waals surface area contributed by atoms with Crippen LogP contribution in [0.15, 0.2) is 40.8 Å². The first-order valence-electron chi connectivity index (χ1n) is 9.49. The maximum atomic E-state index is 13.0. The largest absolute Gasteiger partial charge is 0.419 e. The fraction of sp³-hybridized carbons (Fsp3) is 0.474. The number of halogens is 3. The number of rotatable bonds is 6. The molecule has 1 aliphatic heterocycles. The third-order valence-electron chi connectivity index (χ3n) is 4.70. The number of hydrogen-bond donors (Lipinski definition) is 3. The number of pyridine rings is 1. The Morgan fingerprint density at radius 2 is 2.03 bits per heavy atom. The summed E-state index contributed by atoms with van der Waals surface area (Å²) in [4.78, 5) is 10.4. The van der Waals surface area contributed by atoms with Crippen LogP contribution in [0.3, 0.4) is 0 Å². The summed E-state index contributed by atoms with van der Waals surface area (Å²) < 4.78 is 39.0. The normalized spacial score (nSPS) is 16.0. The van der Waals surface area contributed by atoms with Crippen LogP contribution in [-0.4, -0.2) is 50.2 Å². The van der Waals surface area contributed by atoms with Crippen LogP contribution in [0.4, 0.5) is 24.0 Å². The van der Waals surface area contributed by atoms with Crippen LogP contribution < -0.4 is 20.9 Å². The zero-order valence-corrected chi connectivity index (χ0v) is 17.0. The van der Waals surface area contributed by atoms with E-state index in [9.17, 15) is 13.2 Å². The highest BCUT2D eigenvalue weighted by atomic mass is 32.1. The maximum Gasteiger partial charge on any atom is 0.419 e. The third-order valence-corrected chi connectivity index (χ3v) is 5.63. The minimum Gasteiger partial charge on any atom is -0.368 e. The average molecular weight is 427 g/mol. The zero-order chi connectivity index (χ0) is 20.7. The number of nitrogens with one attached hydrogen (secondary N) is 3. The minimum atomic E-state index is -4.43. The van der Waals surface area contributed by atoms with Gasteiger partial charge in [-0.05, 0) is 42.5 Å². The van der Waals surface area contributed by atoms with Crippen molar-refractivity contribution in [2.45, 2.75) is 25.1 Å². The first-order chi connectivity index (χ1) is 14.0. The monoisotopic (exact) mass is 426 g/mol. The van der Waals surface area contributed by atoms with Crippen LogP contribution in [0.1, 0.15) is 18.4 Å². The molecule has 1 fully saturated rings. The van der Waals surface area contributed by atoms with Crippen molar-refractivity contribution in [3.8, 4) is 0 Å². The van der Waals surface area contributed by atoms with Gasteiger partial charge in [-0.2, -0.15) is 13.2 Å². The van der Waals surface area contributed by atoms with Crippen LogP contribution in [-0.2, 0) is 6.18 Å². The third kappa shape index (κ3) is 5.99. The molecular weight excluding hydrogens is 401 g/mol. The Labute approximate surface area is 172 Å². The highest BCUT2D eigenvalue weighted by Gasteiger charge is 2.33. The molecule has 0 aromatic carbocycles. The molecule has 3 rings (SSSR count). The van der Waals surface area contributed by atoms with Gasteiger partial charge in [0.05, 0.1) is 10.6 Å². The second-order valence-electron chi connectivity index (χ2n) is 6.68. The van der Waals surface area contributed by atoms with Crippen molar-refractivity contribution < 1.29 is 13.2 Å². The van der Waals surface area contributed by atoms with E-state index in [1.807, 2.05) is 0 Å². The summed E-state index contributed by atoms with van der Waals surface area (Å²) in [5.74, 6) is 0.490. The maximum absolute atomic E-state index is 13.0. The van der Waals surface area contributed by atoms with Gasteiger partial charge in [0.25, 0.3) is 0 Å². The molecule has 0 bridgehead atoms.